The van der Waals surface area contributed by atoms with Crippen LogP contribution in [0.2, 0.25) is 0 Å². The first-order chi connectivity index (χ1) is 8.19. The van der Waals surface area contributed by atoms with Crippen LogP contribution in [0.25, 0.3) is 0 Å². The molecular formula is C14H18N2S. The highest BCUT2D eigenvalue weighted by Gasteiger charge is 2.12. The summed E-state index contributed by atoms with van der Waals surface area (Å²) in [6.45, 7) is 4.18. The van der Waals surface area contributed by atoms with Crippen LogP contribution in [0.5, 0.6) is 0 Å². The quantitative estimate of drug-likeness (QED) is 0.895. The Labute approximate surface area is 107 Å². The van der Waals surface area contributed by atoms with Crippen LogP contribution in [0.3, 0.4) is 0 Å². The number of aryl methyl sites for hydroxylation is 2. The van der Waals surface area contributed by atoms with Crippen molar-refractivity contribution in [1.82, 2.24) is 10.3 Å². The van der Waals surface area contributed by atoms with Gasteiger partial charge in [0.25, 0.3) is 0 Å². The zero-order chi connectivity index (χ0) is 12.3. The lowest BCUT2D eigenvalue weighted by Crippen LogP contribution is -2.17. The van der Waals surface area contributed by atoms with Crippen molar-refractivity contribution in [2.24, 2.45) is 0 Å². The van der Waals surface area contributed by atoms with Crippen LogP contribution in [-0.2, 0) is 6.42 Å². The Hall–Kier alpha value is -1.19. The lowest BCUT2D eigenvalue weighted by atomic mass is 10.0. The van der Waals surface area contributed by atoms with Gasteiger partial charge in [0.05, 0.1) is 5.01 Å². The van der Waals surface area contributed by atoms with Crippen LogP contribution in [0.15, 0.2) is 30.5 Å². The summed E-state index contributed by atoms with van der Waals surface area (Å²) < 4.78 is 0. The fourth-order valence-corrected chi connectivity index (χ4v) is 2.85. The minimum Gasteiger partial charge on any atom is -0.312 e. The number of thiazole rings is 1. The van der Waals surface area contributed by atoms with E-state index in [9.17, 15) is 0 Å². The highest BCUT2D eigenvalue weighted by Crippen LogP contribution is 2.23. The molecule has 1 unspecified atom stereocenters. The number of rotatable bonds is 4. The molecule has 0 amide bonds. The number of hydrogen-bond donors (Lipinski definition) is 1. The minimum absolute atomic E-state index is 0.364. The molecular weight excluding hydrogens is 228 g/mol. The summed E-state index contributed by atoms with van der Waals surface area (Å²) >= 11 is 1.77. The molecule has 0 spiro atoms. The third kappa shape index (κ3) is 3.14. The van der Waals surface area contributed by atoms with E-state index in [0.717, 1.165) is 11.4 Å². The van der Waals surface area contributed by atoms with Gasteiger partial charge in [0.15, 0.2) is 0 Å². The van der Waals surface area contributed by atoms with Gasteiger partial charge in [0.1, 0.15) is 0 Å². The Morgan fingerprint density at radius 2 is 2.18 bits per heavy atom. The van der Waals surface area contributed by atoms with Gasteiger partial charge in [-0.3, -0.25) is 0 Å². The topological polar surface area (TPSA) is 24.9 Å². The molecule has 17 heavy (non-hydrogen) atoms. The molecule has 3 heteroatoms. The molecule has 0 fully saturated rings. The average Bonchev–Trinajstić information content (AvgIpc) is 2.73. The molecule has 0 radical (unpaired) electrons. The van der Waals surface area contributed by atoms with Crippen LogP contribution < -0.4 is 5.32 Å². The zero-order valence-corrected chi connectivity index (χ0v) is 11.3. The van der Waals surface area contributed by atoms with E-state index in [-0.39, 0.29) is 0 Å². The Morgan fingerprint density at radius 1 is 1.35 bits per heavy atom. The van der Waals surface area contributed by atoms with Crippen LogP contribution >= 0.6 is 11.3 Å². The van der Waals surface area contributed by atoms with Crippen LogP contribution in [0.4, 0.5) is 0 Å². The average molecular weight is 246 g/mol. The van der Waals surface area contributed by atoms with Gasteiger partial charge in [0.2, 0.25) is 0 Å². The van der Waals surface area contributed by atoms with Gasteiger partial charge in [-0.15, -0.1) is 11.3 Å². The van der Waals surface area contributed by atoms with Crippen molar-refractivity contribution in [3.8, 4) is 0 Å². The van der Waals surface area contributed by atoms with E-state index in [1.807, 2.05) is 20.2 Å². The number of nitrogens with one attached hydrogen (secondary N) is 1. The van der Waals surface area contributed by atoms with E-state index >= 15 is 0 Å². The van der Waals surface area contributed by atoms with Crippen molar-refractivity contribution in [1.29, 1.82) is 0 Å². The van der Waals surface area contributed by atoms with Crippen LogP contribution in [0, 0.1) is 13.8 Å². The van der Waals surface area contributed by atoms with Crippen molar-refractivity contribution in [3.63, 3.8) is 0 Å². The molecule has 0 aliphatic carbocycles. The predicted octanol–water partition coefficient (Wildman–Crippen LogP) is 3.26. The number of aromatic nitrogens is 1. The molecule has 2 nitrogen and oxygen atoms in total. The molecule has 1 atom stereocenters. The molecule has 1 aromatic carbocycles. The third-order valence-corrected chi connectivity index (χ3v) is 3.88. The summed E-state index contributed by atoms with van der Waals surface area (Å²) in [5, 5.41) is 4.50. The van der Waals surface area contributed by atoms with Gasteiger partial charge in [-0.1, -0.05) is 29.8 Å². The van der Waals surface area contributed by atoms with E-state index in [1.165, 1.54) is 16.0 Å². The van der Waals surface area contributed by atoms with Gasteiger partial charge in [-0.2, -0.15) is 0 Å². The lowest BCUT2D eigenvalue weighted by molar-refractivity contribution is 0.601. The Bertz CT molecular complexity index is 490. The SMILES string of the molecule is CNC(Cc1cccc(C)c1)c1cnc(C)s1. The summed E-state index contributed by atoms with van der Waals surface area (Å²) in [6.07, 6.45) is 3.00. The maximum Gasteiger partial charge on any atom is 0.0897 e. The molecule has 2 aromatic rings. The van der Waals surface area contributed by atoms with E-state index in [0.29, 0.717) is 6.04 Å². The van der Waals surface area contributed by atoms with Crippen molar-refractivity contribution < 1.29 is 0 Å². The third-order valence-electron chi connectivity index (χ3n) is 2.85. The number of likely N-dealkylation sites (N-methyl/N-ethyl adjacent to an activating group) is 1. The zero-order valence-electron chi connectivity index (χ0n) is 10.5. The first kappa shape index (κ1) is 12.3. The minimum atomic E-state index is 0.364. The monoisotopic (exact) mass is 246 g/mol. The van der Waals surface area contributed by atoms with Gasteiger partial charge >= 0.3 is 0 Å². The maximum atomic E-state index is 4.32. The molecule has 2 rings (SSSR count). The van der Waals surface area contributed by atoms with Crippen LogP contribution in [0.1, 0.15) is 27.1 Å². The van der Waals surface area contributed by atoms with Gasteiger partial charge < -0.3 is 5.32 Å². The molecule has 0 aliphatic rings. The standard InChI is InChI=1S/C14H18N2S/c1-10-5-4-6-12(7-10)8-13(15-3)14-9-16-11(2)17-14/h4-7,9,13,15H,8H2,1-3H3. The summed E-state index contributed by atoms with van der Waals surface area (Å²) in [6, 6.07) is 9.05. The van der Waals surface area contributed by atoms with Gasteiger partial charge in [0, 0.05) is 17.1 Å². The largest absolute Gasteiger partial charge is 0.312 e. The summed E-state index contributed by atoms with van der Waals surface area (Å²) in [4.78, 5) is 5.63. The second-order valence-corrected chi connectivity index (χ2v) is 5.58. The van der Waals surface area contributed by atoms with Gasteiger partial charge in [-0.05, 0) is 32.9 Å². The number of nitrogens with zero attached hydrogens (tertiary/aromatic N) is 1. The number of benzene rings is 1. The molecule has 0 bridgehead atoms. The second kappa shape index (κ2) is 5.43. The highest BCUT2D eigenvalue weighted by molar-refractivity contribution is 7.11. The maximum absolute atomic E-state index is 4.32. The smallest absolute Gasteiger partial charge is 0.0897 e. The summed E-state index contributed by atoms with van der Waals surface area (Å²) in [5.74, 6) is 0. The highest BCUT2D eigenvalue weighted by atomic mass is 32.1. The summed E-state index contributed by atoms with van der Waals surface area (Å²) in [5.41, 5.74) is 2.69. The predicted molar refractivity (Wildman–Crippen MR) is 73.5 cm³/mol. The normalized spacial score (nSPS) is 12.6. The molecule has 1 heterocycles. The van der Waals surface area contributed by atoms with Crippen molar-refractivity contribution >= 4 is 11.3 Å². The molecule has 90 valence electrons. The van der Waals surface area contributed by atoms with Crippen molar-refractivity contribution in [3.05, 3.63) is 51.5 Å². The fourth-order valence-electron chi connectivity index (χ4n) is 1.96. The van der Waals surface area contributed by atoms with Gasteiger partial charge in [-0.25, -0.2) is 4.98 Å². The van der Waals surface area contributed by atoms with E-state index in [2.05, 4.69) is 41.5 Å². The second-order valence-electron chi connectivity index (χ2n) is 4.32. The van der Waals surface area contributed by atoms with E-state index in [1.54, 1.807) is 11.3 Å². The lowest BCUT2D eigenvalue weighted by Gasteiger charge is -2.14. The molecule has 0 aliphatic heterocycles. The first-order valence-electron chi connectivity index (χ1n) is 5.84. The molecule has 1 aromatic heterocycles. The molecule has 1 N–H and O–H groups in total. The Balaban J connectivity index is 2.15. The molecule has 0 saturated heterocycles. The molecule has 0 saturated carbocycles. The Kier molecular flexibility index (Phi) is 3.92. The number of hydrogen-bond acceptors (Lipinski definition) is 3. The van der Waals surface area contributed by atoms with E-state index < -0.39 is 0 Å². The van der Waals surface area contributed by atoms with Crippen molar-refractivity contribution in [2.45, 2.75) is 26.3 Å². The first-order valence-corrected chi connectivity index (χ1v) is 6.66. The van der Waals surface area contributed by atoms with Crippen LogP contribution in [-0.4, -0.2) is 12.0 Å². The summed E-state index contributed by atoms with van der Waals surface area (Å²) in [7, 11) is 2.01. The fraction of sp³-hybridized carbons (Fsp3) is 0.357. The van der Waals surface area contributed by atoms with E-state index in [4.69, 9.17) is 0 Å². The van der Waals surface area contributed by atoms with Crippen molar-refractivity contribution in [2.75, 3.05) is 7.05 Å². The Morgan fingerprint density at radius 3 is 2.76 bits per heavy atom.